The second kappa shape index (κ2) is 6.00. The van der Waals surface area contributed by atoms with Gasteiger partial charge in [0.25, 0.3) is 0 Å². The zero-order valence-corrected chi connectivity index (χ0v) is 12.6. The first kappa shape index (κ1) is 14.3. The molecule has 21 heavy (non-hydrogen) atoms. The summed E-state index contributed by atoms with van der Waals surface area (Å²) in [6, 6.07) is 8.15. The number of aryl methyl sites for hydroxylation is 1. The zero-order chi connectivity index (χ0) is 14.8. The lowest BCUT2D eigenvalue weighted by Crippen LogP contribution is -2.43. The van der Waals surface area contributed by atoms with E-state index in [1.54, 1.807) is 6.07 Å². The minimum atomic E-state index is 0.101. The lowest BCUT2D eigenvalue weighted by Gasteiger charge is -2.34. The number of aromatic nitrogens is 1. The molecule has 1 atom stereocenters. The highest BCUT2D eigenvalue weighted by Crippen LogP contribution is 2.19. The van der Waals surface area contributed by atoms with Crippen molar-refractivity contribution in [2.45, 2.75) is 38.8 Å². The van der Waals surface area contributed by atoms with Crippen LogP contribution in [-0.2, 0) is 6.54 Å². The second-order valence-electron chi connectivity index (χ2n) is 6.06. The van der Waals surface area contributed by atoms with Crippen molar-refractivity contribution in [3.05, 3.63) is 45.7 Å². The van der Waals surface area contributed by atoms with Gasteiger partial charge >= 0.3 is 0 Å². The Bertz CT molecular complexity index is 692. The summed E-state index contributed by atoms with van der Waals surface area (Å²) in [6.45, 7) is 4.54. The van der Waals surface area contributed by atoms with E-state index >= 15 is 0 Å². The fourth-order valence-corrected chi connectivity index (χ4v) is 3.26. The molecule has 0 spiro atoms. The van der Waals surface area contributed by atoms with Crippen LogP contribution in [0.3, 0.4) is 0 Å². The highest BCUT2D eigenvalue weighted by Gasteiger charge is 2.21. The minimum absolute atomic E-state index is 0.101. The van der Waals surface area contributed by atoms with Gasteiger partial charge in [-0.25, -0.2) is 0 Å². The van der Waals surface area contributed by atoms with E-state index in [0.717, 1.165) is 41.7 Å². The summed E-state index contributed by atoms with van der Waals surface area (Å²) in [5.41, 5.74) is 8.99. The first-order valence-corrected chi connectivity index (χ1v) is 7.74. The van der Waals surface area contributed by atoms with Crippen molar-refractivity contribution in [2.75, 3.05) is 13.1 Å². The second-order valence-corrected chi connectivity index (χ2v) is 6.06. The smallest absolute Gasteiger partial charge is 0.189 e. The summed E-state index contributed by atoms with van der Waals surface area (Å²) >= 11 is 0. The van der Waals surface area contributed by atoms with Crippen molar-refractivity contribution < 1.29 is 0 Å². The van der Waals surface area contributed by atoms with Crippen LogP contribution in [0.25, 0.3) is 10.9 Å². The number of hydrogen-bond acceptors (Lipinski definition) is 3. The molecule has 1 saturated heterocycles. The Kier molecular flexibility index (Phi) is 4.08. The monoisotopic (exact) mass is 285 g/mol. The Balaban J connectivity index is 1.90. The molecule has 1 aliphatic heterocycles. The van der Waals surface area contributed by atoms with Gasteiger partial charge in [0.1, 0.15) is 0 Å². The maximum absolute atomic E-state index is 12.3. The van der Waals surface area contributed by atoms with E-state index in [1.807, 2.05) is 25.1 Å². The summed E-state index contributed by atoms with van der Waals surface area (Å²) in [4.78, 5) is 18.1. The Morgan fingerprint density at radius 1 is 1.33 bits per heavy atom. The molecule has 4 heteroatoms. The number of pyridine rings is 1. The predicted molar refractivity (Wildman–Crippen MR) is 86.4 cm³/mol. The van der Waals surface area contributed by atoms with Gasteiger partial charge in [-0.1, -0.05) is 18.1 Å². The first-order valence-electron chi connectivity index (χ1n) is 7.74. The van der Waals surface area contributed by atoms with Gasteiger partial charge < -0.3 is 10.7 Å². The van der Waals surface area contributed by atoms with Crippen molar-refractivity contribution in [3.63, 3.8) is 0 Å². The van der Waals surface area contributed by atoms with E-state index in [1.165, 1.54) is 12.8 Å². The summed E-state index contributed by atoms with van der Waals surface area (Å²) in [7, 11) is 0. The standard InChI is InChI=1S/C17H23N3O/c1-12-5-6-16-15(8-12)17(21)9-13(19-16)11-20-7-3-2-4-14(20)10-18/h5-6,8-9,14H,2-4,7,10-11,18H2,1H3,(H,19,21)/t14-/m1/s1. The van der Waals surface area contributed by atoms with Gasteiger partial charge in [-0.3, -0.25) is 9.69 Å². The lowest BCUT2D eigenvalue weighted by molar-refractivity contribution is 0.143. The molecule has 0 amide bonds. The molecule has 3 rings (SSSR count). The maximum Gasteiger partial charge on any atom is 0.189 e. The fraction of sp³-hybridized carbons (Fsp3) is 0.471. The number of nitrogens with two attached hydrogens (primary N) is 1. The number of benzene rings is 1. The van der Waals surface area contributed by atoms with Gasteiger partial charge in [-0.05, 0) is 38.4 Å². The molecule has 0 unspecified atom stereocenters. The van der Waals surface area contributed by atoms with Gasteiger partial charge in [-0.2, -0.15) is 0 Å². The van der Waals surface area contributed by atoms with E-state index in [2.05, 4.69) is 9.88 Å². The highest BCUT2D eigenvalue weighted by molar-refractivity contribution is 5.79. The Hall–Kier alpha value is -1.65. The molecular formula is C17H23N3O. The van der Waals surface area contributed by atoms with E-state index in [4.69, 9.17) is 5.73 Å². The topological polar surface area (TPSA) is 62.1 Å². The van der Waals surface area contributed by atoms with E-state index in [-0.39, 0.29) is 5.43 Å². The molecule has 3 N–H and O–H groups in total. The van der Waals surface area contributed by atoms with Crippen molar-refractivity contribution in [2.24, 2.45) is 5.73 Å². The number of H-pyrrole nitrogens is 1. The van der Waals surface area contributed by atoms with Crippen molar-refractivity contribution in [1.29, 1.82) is 0 Å². The summed E-state index contributed by atoms with van der Waals surface area (Å²) in [5.74, 6) is 0. The third kappa shape index (κ3) is 3.01. The summed E-state index contributed by atoms with van der Waals surface area (Å²) in [6.07, 6.45) is 3.63. The summed E-state index contributed by atoms with van der Waals surface area (Å²) < 4.78 is 0. The third-order valence-corrected chi connectivity index (χ3v) is 4.44. The van der Waals surface area contributed by atoms with E-state index in [9.17, 15) is 4.79 Å². The van der Waals surface area contributed by atoms with Gasteiger partial charge in [-0.15, -0.1) is 0 Å². The predicted octanol–water partition coefficient (Wildman–Crippen LogP) is 2.15. The number of likely N-dealkylation sites (tertiary alicyclic amines) is 1. The van der Waals surface area contributed by atoms with Gasteiger partial charge in [0, 0.05) is 41.8 Å². The third-order valence-electron chi connectivity index (χ3n) is 4.44. The Labute approximate surface area is 125 Å². The van der Waals surface area contributed by atoms with Crippen LogP contribution in [0.4, 0.5) is 0 Å². The quantitative estimate of drug-likeness (QED) is 0.908. The van der Waals surface area contributed by atoms with Crippen molar-refractivity contribution in [3.8, 4) is 0 Å². The lowest BCUT2D eigenvalue weighted by atomic mass is 10.0. The maximum atomic E-state index is 12.3. The number of nitrogens with one attached hydrogen (secondary N) is 1. The SMILES string of the molecule is Cc1ccc2[nH]c(CN3CCCC[C@@H]3CN)cc(=O)c2c1. The van der Waals surface area contributed by atoms with Crippen LogP contribution in [0, 0.1) is 6.92 Å². The zero-order valence-electron chi connectivity index (χ0n) is 12.6. The number of aromatic amines is 1. The molecule has 1 aliphatic rings. The number of rotatable bonds is 3. The molecule has 4 nitrogen and oxygen atoms in total. The molecule has 0 saturated carbocycles. The Morgan fingerprint density at radius 3 is 3.00 bits per heavy atom. The van der Waals surface area contributed by atoms with Gasteiger partial charge in [0.05, 0.1) is 0 Å². The molecule has 0 radical (unpaired) electrons. The van der Waals surface area contributed by atoms with Crippen molar-refractivity contribution in [1.82, 2.24) is 9.88 Å². The van der Waals surface area contributed by atoms with Crippen LogP contribution < -0.4 is 11.2 Å². The van der Waals surface area contributed by atoms with Crippen LogP contribution in [0.2, 0.25) is 0 Å². The molecule has 112 valence electrons. The van der Waals surface area contributed by atoms with Crippen LogP contribution in [-0.4, -0.2) is 29.0 Å². The number of nitrogens with zero attached hydrogens (tertiary/aromatic N) is 1. The first-order chi connectivity index (χ1) is 10.2. The van der Waals surface area contributed by atoms with Crippen LogP contribution in [0.1, 0.15) is 30.5 Å². The van der Waals surface area contributed by atoms with Gasteiger partial charge in [0.2, 0.25) is 0 Å². The average Bonchev–Trinajstić information content (AvgIpc) is 2.49. The number of piperidine rings is 1. The molecule has 1 fully saturated rings. The Morgan fingerprint density at radius 2 is 2.19 bits per heavy atom. The minimum Gasteiger partial charge on any atom is -0.357 e. The molecule has 2 aromatic rings. The largest absolute Gasteiger partial charge is 0.357 e. The van der Waals surface area contributed by atoms with Crippen LogP contribution >= 0.6 is 0 Å². The average molecular weight is 285 g/mol. The van der Waals surface area contributed by atoms with E-state index < -0.39 is 0 Å². The highest BCUT2D eigenvalue weighted by atomic mass is 16.1. The van der Waals surface area contributed by atoms with Crippen LogP contribution in [0.5, 0.6) is 0 Å². The molecular weight excluding hydrogens is 262 g/mol. The summed E-state index contributed by atoms with van der Waals surface area (Å²) in [5, 5.41) is 0.771. The van der Waals surface area contributed by atoms with Gasteiger partial charge in [0.15, 0.2) is 5.43 Å². The van der Waals surface area contributed by atoms with E-state index in [0.29, 0.717) is 12.6 Å². The number of hydrogen-bond donors (Lipinski definition) is 2. The van der Waals surface area contributed by atoms with Crippen molar-refractivity contribution >= 4 is 10.9 Å². The normalized spacial score (nSPS) is 20.0. The van der Waals surface area contributed by atoms with Crippen LogP contribution in [0.15, 0.2) is 29.1 Å². The molecule has 0 bridgehead atoms. The molecule has 2 heterocycles. The molecule has 1 aromatic heterocycles. The fourth-order valence-electron chi connectivity index (χ4n) is 3.26. The molecule has 1 aromatic carbocycles. The number of fused-ring (bicyclic) bond motifs is 1. The molecule has 0 aliphatic carbocycles.